The van der Waals surface area contributed by atoms with Crippen LogP contribution in [0, 0.1) is 35.5 Å². The summed E-state index contributed by atoms with van der Waals surface area (Å²) in [5, 5.41) is 0. The van der Waals surface area contributed by atoms with Gasteiger partial charge in [-0.05, 0) is 41.9 Å². The molecule has 1 heteroatoms. The largest absolute Gasteiger partial charge is 0.300 e. The molecule has 0 saturated heterocycles. The van der Waals surface area contributed by atoms with E-state index in [0.29, 0.717) is 5.78 Å². The third-order valence-electron chi connectivity index (χ3n) is 4.85. The molecule has 0 N–H and O–H groups in total. The Morgan fingerprint density at radius 3 is 2.09 bits per heavy atom. The molecule has 6 bridgehead atoms. The fraction of sp³-hybridized carbons (Fsp3) is 0.900. The van der Waals surface area contributed by atoms with Crippen molar-refractivity contribution in [1.29, 1.82) is 0 Å². The van der Waals surface area contributed by atoms with Gasteiger partial charge in [-0.3, -0.25) is 4.79 Å². The summed E-state index contributed by atoms with van der Waals surface area (Å²) < 4.78 is 0. The first-order valence-electron chi connectivity index (χ1n) is 4.88. The molecule has 0 heterocycles. The van der Waals surface area contributed by atoms with E-state index >= 15 is 0 Å². The molecule has 5 aliphatic rings. The highest BCUT2D eigenvalue weighted by Gasteiger charge is 2.74. The van der Waals surface area contributed by atoms with Gasteiger partial charge in [-0.25, -0.2) is 0 Å². The van der Waals surface area contributed by atoms with E-state index < -0.39 is 0 Å². The van der Waals surface area contributed by atoms with Crippen LogP contribution in [0.5, 0.6) is 0 Å². The third kappa shape index (κ3) is 0.401. The Bertz CT molecular complexity index is 236. The Morgan fingerprint density at radius 2 is 1.55 bits per heavy atom. The molecule has 4 unspecified atom stereocenters. The lowest BCUT2D eigenvalue weighted by Crippen LogP contribution is -2.24. The average molecular weight is 148 g/mol. The zero-order chi connectivity index (χ0) is 7.16. The summed E-state index contributed by atoms with van der Waals surface area (Å²) in [5.74, 6) is 6.50. The van der Waals surface area contributed by atoms with Gasteiger partial charge in [-0.2, -0.15) is 0 Å². The fourth-order valence-electron chi connectivity index (χ4n) is 4.68. The van der Waals surface area contributed by atoms with Gasteiger partial charge in [0, 0.05) is 12.8 Å². The summed E-state index contributed by atoms with van der Waals surface area (Å²) in [5.41, 5.74) is 0. The quantitative estimate of drug-likeness (QED) is 0.508. The van der Waals surface area contributed by atoms with Crippen molar-refractivity contribution >= 4 is 5.78 Å². The second-order valence-electron chi connectivity index (χ2n) is 4.99. The minimum Gasteiger partial charge on any atom is -0.300 e. The molecular weight excluding hydrogens is 136 g/mol. The van der Waals surface area contributed by atoms with E-state index in [2.05, 4.69) is 0 Å². The topological polar surface area (TPSA) is 17.1 Å². The van der Waals surface area contributed by atoms with Crippen LogP contribution in [0.15, 0.2) is 0 Å². The highest BCUT2D eigenvalue weighted by Crippen LogP contribution is 2.78. The molecule has 0 amide bonds. The molecular formula is C10H12O. The molecule has 5 fully saturated rings. The summed E-state index contributed by atoms with van der Waals surface area (Å²) in [6.45, 7) is 0. The Balaban J connectivity index is 1.86. The molecule has 5 rings (SSSR count). The Labute approximate surface area is 66.2 Å². The first kappa shape index (κ1) is 5.34. The highest BCUT2D eigenvalue weighted by molar-refractivity contribution is 5.81. The van der Waals surface area contributed by atoms with Crippen LogP contribution >= 0.6 is 0 Å². The number of ketones is 1. The zero-order valence-corrected chi connectivity index (χ0v) is 6.49. The normalized spacial score (nSPS) is 68.9. The molecule has 0 aromatic carbocycles. The molecule has 6 atom stereocenters. The number of hydrogen-bond donors (Lipinski definition) is 0. The first-order chi connectivity index (χ1) is 5.36. The maximum Gasteiger partial charge on any atom is 0.133 e. The lowest BCUT2D eigenvalue weighted by atomic mass is 9.79. The summed E-state index contributed by atoms with van der Waals surface area (Å²) in [6, 6.07) is 0. The second-order valence-corrected chi connectivity index (χ2v) is 4.99. The molecule has 0 spiro atoms. The van der Waals surface area contributed by atoms with Gasteiger partial charge in [-0.1, -0.05) is 0 Å². The Morgan fingerprint density at radius 1 is 0.909 bits per heavy atom. The van der Waals surface area contributed by atoms with Gasteiger partial charge in [0.05, 0.1) is 0 Å². The van der Waals surface area contributed by atoms with Crippen LogP contribution in [0.4, 0.5) is 0 Å². The van der Waals surface area contributed by atoms with E-state index in [-0.39, 0.29) is 0 Å². The van der Waals surface area contributed by atoms with Crippen LogP contribution < -0.4 is 0 Å². The lowest BCUT2D eigenvalue weighted by molar-refractivity contribution is -0.123. The predicted molar refractivity (Wildman–Crippen MR) is 39.8 cm³/mol. The van der Waals surface area contributed by atoms with E-state index in [9.17, 15) is 4.79 Å². The fourth-order valence-corrected chi connectivity index (χ4v) is 4.68. The van der Waals surface area contributed by atoms with Crippen molar-refractivity contribution in [1.82, 2.24) is 0 Å². The van der Waals surface area contributed by atoms with Gasteiger partial charge < -0.3 is 0 Å². The van der Waals surface area contributed by atoms with Gasteiger partial charge in [0.15, 0.2) is 0 Å². The monoisotopic (exact) mass is 148 g/mol. The number of carbonyl (C=O) groups excluding carboxylic acids is 1. The molecule has 0 radical (unpaired) electrons. The molecule has 1 nitrogen and oxygen atoms in total. The van der Waals surface area contributed by atoms with E-state index in [0.717, 1.165) is 48.3 Å². The van der Waals surface area contributed by atoms with Crippen molar-refractivity contribution in [3.63, 3.8) is 0 Å². The molecule has 58 valence electrons. The first-order valence-corrected chi connectivity index (χ1v) is 4.88. The van der Waals surface area contributed by atoms with Crippen LogP contribution in [-0.4, -0.2) is 5.78 Å². The summed E-state index contributed by atoms with van der Waals surface area (Å²) in [4.78, 5) is 11.3. The lowest BCUT2D eigenvalue weighted by Gasteiger charge is -2.24. The number of rotatable bonds is 0. The maximum absolute atomic E-state index is 11.3. The summed E-state index contributed by atoms with van der Waals surface area (Å²) in [6.07, 6.45) is 3.41. The SMILES string of the molecule is O=C1C[C@@H]2C3C4CC2[C@@H](C1)C43. The smallest absolute Gasteiger partial charge is 0.133 e. The highest BCUT2D eigenvalue weighted by atomic mass is 16.1. The molecule has 5 saturated carbocycles. The Kier molecular flexibility index (Phi) is 0.630. The summed E-state index contributed by atoms with van der Waals surface area (Å²) in [7, 11) is 0. The minimum absolute atomic E-state index is 0.573. The van der Waals surface area contributed by atoms with Crippen LogP contribution in [0.3, 0.4) is 0 Å². The van der Waals surface area contributed by atoms with E-state index in [4.69, 9.17) is 0 Å². The van der Waals surface area contributed by atoms with Crippen molar-refractivity contribution in [2.75, 3.05) is 0 Å². The van der Waals surface area contributed by atoms with Crippen molar-refractivity contribution in [3.05, 3.63) is 0 Å². The van der Waals surface area contributed by atoms with Gasteiger partial charge in [-0.15, -0.1) is 0 Å². The van der Waals surface area contributed by atoms with Gasteiger partial charge in [0.25, 0.3) is 0 Å². The number of carbonyl (C=O) groups is 1. The van der Waals surface area contributed by atoms with Crippen molar-refractivity contribution in [2.45, 2.75) is 19.3 Å². The van der Waals surface area contributed by atoms with Gasteiger partial charge in [0.1, 0.15) is 5.78 Å². The van der Waals surface area contributed by atoms with Crippen molar-refractivity contribution < 1.29 is 4.79 Å². The molecule has 0 aromatic heterocycles. The van der Waals surface area contributed by atoms with E-state index in [1.807, 2.05) is 0 Å². The van der Waals surface area contributed by atoms with Crippen LogP contribution in [-0.2, 0) is 4.79 Å². The molecule has 0 aromatic rings. The molecule has 11 heavy (non-hydrogen) atoms. The summed E-state index contributed by atoms with van der Waals surface area (Å²) >= 11 is 0. The minimum atomic E-state index is 0.573. The number of hydrogen-bond acceptors (Lipinski definition) is 1. The average Bonchev–Trinajstić information content (AvgIpc) is 2.33. The van der Waals surface area contributed by atoms with Gasteiger partial charge >= 0.3 is 0 Å². The molecule has 5 aliphatic carbocycles. The van der Waals surface area contributed by atoms with Crippen molar-refractivity contribution in [2.24, 2.45) is 35.5 Å². The van der Waals surface area contributed by atoms with Gasteiger partial charge in [0.2, 0.25) is 0 Å². The van der Waals surface area contributed by atoms with E-state index in [1.165, 1.54) is 6.42 Å². The predicted octanol–water partition coefficient (Wildman–Crippen LogP) is 1.48. The van der Waals surface area contributed by atoms with Crippen molar-refractivity contribution in [3.8, 4) is 0 Å². The van der Waals surface area contributed by atoms with Crippen LogP contribution in [0.1, 0.15) is 19.3 Å². The Hall–Kier alpha value is -0.330. The zero-order valence-electron chi connectivity index (χ0n) is 6.49. The van der Waals surface area contributed by atoms with Crippen LogP contribution in [0.2, 0.25) is 0 Å². The van der Waals surface area contributed by atoms with Crippen LogP contribution in [0.25, 0.3) is 0 Å². The standard InChI is InChI=1S/C10H12O/c11-4-1-6-5-3-8-9(6)10(8)7(5)2-4/h5-10H,1-3H2/t5?,6-,7+,8?,9?,10?. The third-order valence-corrected chi connectivity index (χ3v) is 4.85. The number of Topliss-reactive ketones (excluding diaryl/α,β-unsaturated/α-hetero) is 1. The maximum atomic E-state index is 11.3. The van der Waals surface area contributed by atoms with E-state index in [1.54, 1.807) is 0 Å². The second kappa shape index (κ2) is 1.30. The molecule has 0 aliphatic heterocycles.